The van der Waals surface area contributed by atoms with Gasteiger partial charge >= 0.3 is 0 Å². The van der Waals surface area contributed by atoms with E-state index in [2.05, 4.69) is 30.2 Å². The predicted molar refractivity (Wildman–Crippen MR) is 103 cm³/mol. The molecule has 25 heavy (non-hydrogen) atoms. The Morgan fingerprint density at radius 3 is 2.64 bits per heavy atom. The minimum Gasteiger partial charge on any atom is -0.484 e. The largest absolute Gasteiger partial charge is 0.484 e. The van der Waals surface area contributed by atoms with E-state index in [0.29, 0.717) is 18.2 Å². The van der Waals surface area contributed by atoms with E-state index in [1.807, 2.05) is 42.5 Å². The van der Waals surface area contributed by atoms with E-state index in [9.17, 15) is 4.79 Å². The Morgan fingerprint density at radius 1 is 1.16 bits per heavy atom. The number of thiazole rings is 1. The molecule has 1 N–H and O–H groups in total. The summed E-state index contributed by atoms with van der Waals surface area (Å²) in [6, 6.07) is 15.8. The van der Waals surface area contributed by atoms with Crippen molar-refractivity contribution < 1.29 is 9.53 Å². The molecule has 3 rings (SSSR count). The SMILES string of the molecule is CC(C)CCNC(=O)COc1ccc(-c2nc3ccccc3s2)cc1. The molecule has 0 aliphatic carbocycles. The first-order valence-corrected chi connectivity index (χ1v) is 9.29. The number of carbonyl (C=O) groups is 1. The standard InChI is InChI=1S/C20H22N2O2S/c1-14(2)11-12-21-19(23)13-24-16-9-7-15(8-10-16)20-22-17-5-3-4-6-18(17)25-20/h3-10,14H,11-13H2,1-2H3,(H,21,23). The van der Waals surface area contributed by atoms with Crippen LogP contribution in [0.3, 0.4) is 0 Å². The van der Waals surface area contributed by atoms with Gasteiger partial charge in [-0.2, -0.15) is 0 Å². The Balaban J connectivity index is 1.56. The van der Waals surface area contributed by atoms with Crippen molar-refractivity contribution in [3.63, 3.8) is 0 Å². The Hall–Kier alpha value is -2.40. The van der Waals surface area contributed by atoms with Crippen molar-refractivity contribution in [2.24, 2.45) is 5.92 Å². The lowest BCUT2D eigenvalue weighted by Gasteiger charge is -2.09. The third-order valence-corrected chi connectivity index (χ3v) is 4.89. The van der Waals surface area contributed by atoms with Gasteiger partial charge in [-0.05, 0) is 48.7 Å². The van der Waals surface area contributed by atoms with E-state index in [1.54, 1.807) is 11.3 Å². The van der Waals surface area contributed by atoms with Gasteiger partial charge in [0.2, 0.25) is 0 Å². The molecular weight excluding hydrogens is 332 g/mol. The Bertz CT molecular complexity index is 807. The maximum Gasteiger partial charge on any atom is 0.257 e. The van der Waals surface area contributed by atoms with Crippen LogP contribution >= 0.6 is 11.3 Å². The molecule has 0 aliphatic heterocycles. The Kier molecular flexibility index (Phi) is 5.66. The van der Waals surface area contributed by atoms with E-state index in [1.165, 1.54) is 4.70 Å². The molecule has 1 heterocycles. The van der Waals surface area contributed by atoms with Gasteiger partial charge in [0.15, 0.2) is 6.61 Å². The third kappa shape index (κ3) is 4.79. The number of nitrogens with one attached hydrogen (secondary N) is 1. The maximum atomic E-state index is 11.7. The zero-order valence-corrected chi connectivity index (χ0v) is 15.3. The summed E-state index contributed by atoms with van der Waals surface area (Å²) in [5.74, 6) is 1.18. The van der Waals surface area contributed by atoms with E-state index in [4.69, 9.17) is 4.74 Å². The molecule has 0 bridgehead atoms. The Morgan fingerprint density at radius 2 is 1.92 bits per heavy atom. The van der Waals surface area contributed by atoms with Crippen molar-refractivity contribution in [2.45, 2.75) is 20.3 Å². The molecular formula is C20H22N2O2S. The summed E-state index contributed by atoms with van der Waals surface area (Å²) >= 11 is 1.67. The smallest absolute Gasteiger partial charge is 0.257 e. The van der Waals surface area contributed by atoms with Gasteiger partial charge in [-0.15, -0.1) is 11.3 Å². The van der Waals surface area contributed by atoms with Crippen molar-refractivity contribution in [1.29, 1.82) is 0 Å². The molecule has 5 heteroatoms. The Labute approximate surface area is 151 Å². The number of carbonyl (C=O) groups excluding carboxylic acids is 1. The quantitative estimate of drug-likeness (QED) is 0.679. The number of hydrogen-bond acceptors (Lipinski definition) is 4. The van der Waals surface area contributed by atoms with Crippen LogP contribution in [0.25, 0.3) is 20.8 Å². The lowest BCUT2D eigenvalue weighted by molar-refractivity contribution is -0.123. The highest BCUT2D eigenvalue weighted by Gasteiger charge is 2.07. The van der Waals surface area contributed by atoms with Crippen LogP contribution in [-0.2, 0) is 4.79 Å². The zero-order chi connectivity index (χ0) is 17.6. The van der Waals surface area contributed by atoms with Crippen molar-refractivity contribution in [1.82, 2.24) is 10.3 Å². The molecule has 3 aromatic rings. The van der Waals surface area contributed by atoms with E-state index in [0.717, 1.165) is 22.5 Å². The van der Waals surface area contributed by atoms with Crippen LogP contribution in [0.1, 0.15) is 20.3 Å². The lowest BCUT2D eigenvalue weighted by Crippen LogP contribution is -2.30. The number of para-hydroxylation sites is 1. The van der Waals surface area contributed by atoms with Crippen LogP contribution in [0, 0.1) is 5.92 Å². The molecule has 0 atom stereocenters. The average Bonchev–Trinajstić information content (AvgIpc) is 3.04. The van der Waals surface area contributed by atoms with Crippen molar-refractivity contribution in [2.75, 3.05) is 13.2 Å². The van der Waals surface area contributed by atoms with Crippen LogP contribution in [0.5, 0.6) is 5.75 Å². The van der Waals surface area contributed by atoms with Gasteiger partial charge < -0.3 is 10.1 Å². The number of nitrogens with zero attached hydrogens (tertiary/aromatic N) is 1. The molecule has 0 fully saturated rings. The molecule has 0 unspecified atom stereocenters. The zero-order valence-electron chi connectivity index (χ0n) is 14.5. The van der Waals surface area contributed by atoms with Gasteiger partial charge in [-0.3, -0.25) is 4.79 Å². The molecule has 0 aliphatic rings. The second-order valence-corrected chi connectivity index (χ2v) is 7.36. The number of fused-ring (bicyclic) bond motifs is 1. The van der Waals surface area contributed by atoms with Gasteiger partial charge in [0.1, 0.15) is 10.8 Å². The number of benzene rings is 2. The molecule has 0 saturated carbocycles. The van der Waals surface area contributed by atoms with Crippen molar-refractivity contribution in [3.05, 3.63) is 48.5 Å². The summed E-state index contributed by atoms with van der Waals surface area (Å²) in [5.41, 5.74) is 2.07. The second kappa shape index (κ2) is 8.12. The van der Waals surface area contributed by atoms with Crippen LogP contribution in [0.4, 0.5) is 0 Å². The second-order valence-electron chi connectivity index (χ2n) is 6.33. The fourth-order valence-corrected chi connectivity index (χ4v) is 3.36. The molecule has 0 radical (unpaired) electrons. The number of amides is 1. The molecule has 130 valence electrons. The van der Waals surface area contributed by atoms with Gasteiger partial charge in [0.25, 0.3) is 5.91 Å². The highest BCUT2D eigenvalue weighted by Crippen LogP contribution is 2.30. The van der Waals surface area contributed by atoms with Crippen molar-refractivity contribution in [3.8, 4) is 16.3 Å². The van der Waals surface area contributed by atoms with E-state index < -0.39 is 0 Å². The highest BCUT2D eigenvalue weighted by molar-refractivity contribution is 7.21. The average molecular weight is 354 g/mol. The first-order chi connectivity index (χ1) is 12.1. The maximum absolute atomic E-state index is 11.7. The number of ether oxygens (including phenoxy) is 1. The molecule has 0 saturated heterocycles. The monoisotopic (exact) mass is 354 g/mol. The minimum atomic E-state index is -0.0871. The first-order valence-electron chi connectivity index (χ1n) is 8.47. The van der Waals surface area contributed by atoms with Gasteiger partial charge in [-0.25, -0.2) is 4.98 Å². The lowest BCUT2D eigenvalue weighted by atomic mass is 10.1. The summed E-state index contributed by atoms with van der Waals surface area (Å²) < 4.78 is 6.72. The third-order valence-electron chi connectivity index (χ3n) is 3.81. The van der Waals surface area contributed by atoms with Crippen LogP contribution in [0.2, 0.25) is 0 Å². The minimum absolute atomic E-state index is 0.0403. The summed E-state index contributed by atoms with van der Waals surface area (Å²) in [6.45, 7) is 5.00. The van der Waals surface area contributed by atoms with Crippen LogP contribution < -0.4 is 10.1 Å². The molecule has 1 aromatic heterocycles. The van der Waals surface area contributed by atoms with Crippen molar-refractivity contribution >= 4 is 27.5 Å². The number of rotatable bonds is 7. The fourth-order valence-electron chi connectivity index (χ4n) is 2.39. The van der Waals surface area contributed by atoms with Crippen LogP contribution in [0.15, 0.2) is 48.5 Å². The highest BCUT2D eigenvalue weighted by atomic mass is 32.1. The summed E-state index contributed by atoms with van der Waals surface area (Å²) in [7, 11) is 0. The molecule has 1 amide bonds. The van der Waals surface area contributed by atoms with E-state index in [-0.39, 0.29) is 12.5 Å². The van der Waals surface area contributed by atoms with Gasteiger partial charge in [0.05, 0.1) is 10.2 Å². The van der Waals surface area contributed by atoms with Crippen LogP contribution in [-0.4, -0.2) is 24.0 Å². The normalized spacial score (nSPS) is 11.0. The molecule has 4 nitrogen and oxygen atoms in total. The first kappa shape index (κ1) is 17.4. The summed E-state index contributed by atoms with van der Waals surface area (Å²) in [5, 5.41) is 3.85. The predicted octanol–water partition coefficient (Wildman–Crippen LogP) is 4.50. The van der Waals surface area contributed by atoms with Gasteiger partial charge in [-0.1, -0.05) is 26.0 Å². The summed E-state index contributed by atoms with van der Waals surface area (Å²) in [4.78, 5) is 16.4. The fraction of sp³-hybridized carbons (Fsp3) is 0.300. The molecule has 0 spiro atoms. The topological polar surface area (TPSA) is 51.2 Å². The summed E-state index contributed by atoms with van der Waals surface area (Å²) in [6.07, 6.45) is 0.975. The number of hydrogen-bond donors (Lipinski definition) is 1. The molecule has 2 aromatic carbocycles. The number of aromatic nitrogens is 1. The van der Waals surface area contributed by atoms with E-state index >= 15 is 0 Å². The van der Waals surface area contributed by atoms with Gasteiger partial charge in [0, 0.05) is 12.1 Å².